The van der Waals surface area contributed by atoms with E-state index in [1.807, 2.05) is 20.8 Å². The van der Waals surface area contributed by atoms with Crippen LogP contribution in [0.5, 0.6) is 5.75 Å². The number of amides is 1. The SMILES string of the molecule is COc1ccncc1C(O)[C@@H]1CCCCCN1C(=O)OC(C)(C)C. The van der Waals surface area contributed by atoms with Gasteiger partial charge < -0.3 is 19.5 Å². The Morgan fingerprint density at radius 2 is 2.12 bits per heavy atom. The number of likely N-dealkylation sites (tertiary alicyclic amines) is 1. The molecule has 0 radical (unpaired) electrons. The molecule has 0 bridgehead atoms. The topological polar surface area (TPSA) is 71.9 Å². The second kappa shape index (κ2) is 7.83. The third kappa shape index (κ3) is 4.60. The molecule has 134 valence electrons. The largest absolute Gasteiger partial charge is 0.496 e. The zero-order valence-electron chi connectivity index (χ0n) is 15.0. The van der Waals surface area contributed by atoms with Crippen molar-refractivity contribution in [1.82, 2.24) is 9.88 Å². The summed E-state index contributed by atoms with van der Waals surface area (Å²) < 4.78 is 10.9. The molecule has 1 aliphatic rings. The molecule has 0 aliphatic carbocycles. The van der Waals surface area contributed by atoms with E-state index in [4.69, 9.17) is 9.47 Å². The van der Waals surface area contributed by atoms with E-state index in [1.165, 1.54) is 0 Å². The summed E-state index contributed by atoms with van der Waals surface area (Å²) in [5.41, 5.74) is 0.0330. The minimum Gasteiger partial charge on any atom is -0.496 e. The highest BCUT2D eigenvalue weighted by atomic mass is 16.6. The van der Waals surface area contributed by atoms with E-state index in [2.05, 4.69) is 4.98 Å². The van der Waals surface area contributed by atoms with E-state index >= 15 is 0 Å². The molecular weight excluding hydrogens is 308 g/mol. The van der Waals surface area contributed by atoms with Crippen molar-refractivity contribution >= 4 is 6.09 Å². The Bertz CT molecular complexity index is 556. The first-order chi connectivity index (χ1) is 11.3. The molecule has 24 heavy (non-hydrogen) atoms. The van der Waals surface area contributed by atoms with Crippen LogP contribution in [0.25, 0.3) is 0 Å². The van der Waals surface area contributed by atoms with Crippen LogP contribution < -0.4 is 4.74 Å². The highest BCUT2D eigenvalue weighted by Crippen LogP contribution is 2.33. The number of aliphatic hydroxyl groups excluding tert-OH is 1. The van der Waals surface area contributed by atoms with E-state index < -0.39 is 11.7 Å². The second-order valence-corrected chi connectivity index (χ2v) is 7.15. The number of carbonyl (C=O) groups excluding carboxylic acids is 1. The van der Waals surface area contributed by atoms with Crippen LogP contribution in [0.3, 0.4) is 0 Å². The van der Waals surface area contributed by atoms with Gasteiger partial charge in [-0.2, -0.15) is 0 Å². The number of aromatic nitrogens is 1. The zero-order chi connectivity index (χ0) is 17.7. The van der Waals surface area contributed by atoms with Gasteiger partial charge in [0.05, 0.1) is 13.2 Å². The molecule has 1 N–H and O–H groups in total. The van der Waals surface area contributed by atoms with Crippen molar-refractivity contribution < 1.29 is 19.4 Å². The molecule has 1 saturated heterocycles. The van der Waals surface area contributed by atoms with Crippen molar-refractivity contribution in [1.29, 1.82) is 0 Å². The lowest BCUT2D eigenvalue weighted by molar-refractivity contribution is -0.00631. The number of carbonyl (C=O) groups is 1. The predicted molar refractivity (Wildman–Crippen MR) is 90.9 cm³/mol. The normalized spacial score (nSPS) is 20.2. The van der Waals surface area contributed by atoms with Gasteiger partial charge in [0.25, 0.3) is 0 Å². The molecule has 0 saturated carbocycles. The number of nitrogens with zero attached hydrogens (tertiary/aromatic N) is 2. The number of hydrogen-bond donors (Lipinski definition) is 1. The smallest absolute Gasteiger partial charge is 0.410 e. The first kappa shape index (κ1) is 18.5. The van der Waals surface area contributed by atoms with Crippen molar-refractivity contribution in [3.05, 3.63) is 24.0 Å². The van der Waals surface area contributed by atoms with Crippen LogP contribution in [0.1, 0.15) is 58.1 Å². The Labute approximate surface area is 143 Å². The molecule has 6 nitrogen and oxygen atoms in total. The number of ether oxygens (including phenoxy) is 2. The molecule has 1 aromatic rings. The van der Waals surface area contributed by atoms with Crippen LogP contribution in [-0.2, 0) is 4.74 Å². The monoisotopic (exact) mass is 336 g/mol. The predicted octanol–water partition coefficient (Wildman–Crippen LogP) is 3.30. The fourth-order valence-corrected chi connectivity index (χ4v) is 3.02. The Morgan fingerprint density at radius 3 is 2.79 bits per heavy atom. The van der Waals surface area contributed by atoms with Gasteiger partial charge in [0.1, 0.15) is 17.5 Å². The first-order valence-electron chi connectivity index (χ1n) is 8.49. The Balaban J connectivity index is 2.27. The quantitative estimate of drug-likeness (QED) is 0.917. The third-order valence-electron chi connectivity index (χ3n) is 4.14. The number of rotatable bonds is 3. The lowest BCUT2D eigenvalue weighted by Gasteiger charge is -2.35. The summed E-state index contributed by atoms with van der Waals surface area (Å²) in [4.78, 5) is 18.4. The summed E-state index contributed by atoms with van der Waals surface area (Å²) in [5, 5.41) is 10.9. The average Bonchev–Trinajstić information content (AvgIpc) is 2.78. The van der Waals surface area contributed by atoms with E-state index in [1.54, 1.807) is 30.5 Å². The summed E-state index contributed by atoms with van der Waals surface area (Å²) in [6.07, 6.45) is 5.60. The van der Waals surface area contributed by atoms with Crippen LogP contribution in [0.4, 0.5) is 4.79 Å². The van der Waals surface area contributed by atoms with E-state index in [0.717, 1.165) is 25.7 Å². The van der Waals surface area contributed by atoms with Crippen LogP contribution in [-0.4, -0.2) is 46.4 Å². The van der Waals surface area contributed by atoms with Crippen molar-refractivity contribution in [3.63, 3.8) is 0 Å². The minimum atomic E-state index is -0.862. The standard InChI is InChI=1S/C18H28N2O4/c1-18(2,3)24-17(22)20-11-7-5-6-8-14(20)16(21)13-12-19-10-9-15(13)23-4/h9-10,12,14,16,21H,5-8,11H2,1-4H3/t14-,16?/m0/s1. The number of methoxy groups -OCH3 is 1. The highest BCUT2D eigenvalue weighted by molar-refractivity contribution is 5.68. The Hall–Kier alpha value is -1.82. The molecule has 1 amide bonds. The van der Waals surface area contributed by atoms with Gasteiger partial charge >= 0.3 is 6.09 Å². The molecule has 2 atom stereocenters. The maximum Gasteiger partial charge on any atom is 0.410 e. The molecule has 1 aromatic heterocycles. The minimum absolute atomic E-state index is 0.347. The number of aliphatic hydroxyl groups is 1. The van der Waals surface area contributed by atoms with Crippen molar-refractivity contribution in [3.8, 4) is 5.75 Å². The lowest BCUT2D eigenvalue weighted by Crippen LogP contribution is -2.46. The molecule has 2 rings (SSSR count). The zero-order valence-corrected chi connectivity index (χ0v) is 15.0. The van der Waals surface area contributed by atoms with Gasteiger partial charge in [-0.05, 0) is 39.7 Å². The molecule has 1 aliphatic heterocycles. The summed E-state index contributed by atoms with van der Waals surface area (Å²) in [5.74, 6) is 0.575. The molecule has 2 heterocycles. The summed E-state index contributed by atoms with van der Waals surface area (Å²) in [7, 11) is 1.56. The van der Waals surface area contributed by atoms with Gasteiger partial charge in [-0.3, -0.25) is 4.98 Å². The molecule has 1 unspecified atom stereocenters. The second-order valence-electron chi connectivity index (χ2n) is 7.15. The summed E-state index contributed by atoms with van der Waals surface area (Å²) >= 11 is 0. The molecule has 6 heteroatoms. The van der Waals surface area contributed by atoms with Gasteiger partial charge in [0.15, 0.2) is 0 Å². The van der Waals surface area contributed by atoms with E-state index in [9.17, 15) is 9.90 Å². The average molecular weight is 336 g/mol. The van der Waals surface area contributed by atoms with Crippen molar-refractivity contribution in [2.45, 2.75) is 64.2 Å². The fourth-order valence-electron chi connectivity index (χ4n) is 3.02. The van der Waals surface area contributed by atoms with Crippen molar-refractivity contribution in [2.24, 2.45) is 0 Å². The molecular formula is C18H28N2O4. The van der Waals surface area contributed by atoms with Crippen LogP contribution in [0.2, 0.25) is 0 Å². The van der Waals surface area contributed by atoms with Crippen LogP contribution in [0.15, 0.2) is 18.5 Å². The van der Waals surface area contributed by atoms with Gasteiger partial charge in [-0.25, -0.2) is 4.79 Å². The lowest BCUT2D eigenvalue weighted by atomic mass is 9.98. The van der Waals surface area contributed by atoms with Crippen LogP contribution >= 0.6 is 0 Å². The Morgan fingerprint density at radius 1 is 1.38 bits per heavy atom. The molecule has 1 fully saturated rings. The fraction of sp³-hybridized carbons (Fsp3) is 0.667. The third-order valence-corrected chi connectivity index (χ3v) is 4.14. The summed E-state index contributed by atoms with van der Waals surface area (Å²) in [6, 6.07) is 1.37. The van der Waals surface area contributed by atoms with Crippen molar-refractivity contribution in [2.75, 3.05) is 13.7 Å². The maximum absolute atomic E-state index is 12.6. The summed E-state index contributed by atoms with van der Waals surface area (Å²) in [6.45, 7) is 6.12. The first-order valence-corrected chi connectivity index (χ1v) is 8.49. The number of hydrogen-bond acceptors (Lipinski definition) is 5. The van der Waals surface area contributed by atoms with Gasteiger partial charge in [-0.1, -0.05) is 12.8 Å². The molecule has 0 aromatic carbocycles. The van der Waals surface area contributed by atoms with E-state index in [-0.39, 0.29) is 12.1 Å². The van der Waals surface area contributed by atoms with Gasteiger partial charge in [-0.15, -0.1) is 0 Å². The maximum atomic E-state index is 12.6. The highest BCUT2D eigenvalue weighted by Gasteiger charge is 2.35. The molecule has 0 spiro atoms. The number of pyridine rings is 1. The Kier molecular flexibility index (Phi) is 6.04. The van der Waals surface area contributed by atoms with Crippen LogP contribution in [0, 0.1) is 0 Å². The van der Waals surface area contributed by atoms with Gasteiger partial charge in [0.2, 0.25) is 0 Å². The van der Waals surface area contributed by atoms with Gasteiger partial charge in [0, 0.05) is 24.5 Å². The van der Waals surface area contributed by atoms with E-state index in [0.29, 0.717) is 17.9 Å².